The van der Waals surface area contributed by atoms with Crippen molar-refractivity contribution in [2.45, 2.75) is 30.6 Å². The maximum Gasteiger partial charge on any atom is 0.180 e. The van der Waals surface area contributed by atoms with Crippen LogP contribution in [0.3, 0.4) is 0 Å². The smallest absolute Gasteiger partial charge is 0.180 e. The molecule has 140 valence electrons. The summed E-state index contributed by atoms with van der Waals surface area (Å²) in [4.78, 5) is 11.3. The summed E-state index contributed by atoms with van der Waals surface area (Å²) < 4.78 is 24.8. The first-order chi connectivity index (χ1) is 12.4. The molecule has 0 saturated carbocycles. The highest BCUT2D eigenvalue weighted by Gasteiger charge is 2.20. The van der Waals surface area contributed by atoms with E-state index in [1.165, 1.54) is 0 Å². The molecule has 7 heteroatoms. The summed E-state index contributed by atoms with van der Waals surface area (Å²) in [6.07, 6.45) is 3.74. The zero-order valence-electron chi connectivity index (χ0n) is 15.4. The van der Waals surface area contributed by atoms with Crippen LogP contribution in [0.1, 0.15) is 30.0 Å². The second kappa shape index (κ2) is 8.14. The minimum atomic E-state index is -3.30. The van der Waals surface area contributed by atoms with Gasteiger partial charge in [0.2, 0.25) is 0 Å². The molecule has 2 heterocycles. The molecule has 3 rings (SSSR count). The fraction of sp³-hybridized carbons (Fsp3) is 0.474. The molecule has 0 radical (unpaired) electrons. The van der Waals surface area contributed by atoms with Crippen molar-refractivity contribution in [1.82, 2.24) is 14.9 Å². The van der Waals surface area contributed by atoms with Crippen LogP contribution in [0.2, 0.25) is 0 Å². The lowest BCUT2D eigenvalue weighted by atomic mass is 9.93. The highest BCUT2D eigenvalue weighted by molar-refractivity contribution is 7.91. The molecule has 1 aromatic heterocycles. The minimum absolute atomic E-state index is 0.0314. The first-order valence-corrected chi connectivity index (χ1v) is 10.6. The van der Waals surface area contributed by atoms with Crippen LogP contribution >= 0.6 is 0 Å². The number of hydrogen-bond donors (Lipinski definition) is 1. The van der Waals surface area contributed by atoms with Crippen molar-refractivity contribution in [3.63, 3.8) is 0 Å². The van der Waals surface area contributed by atoms with Gasteiger partial charge in [-0.2, -0.15) is 0 Å². The van der Waals surface area contributed by atoms with Crippen LogP contribution in [0.5, 0.6) is 0 Å². The normalized spacial score (nSPS) is 16.5. The zero-order chi connectivity index (χ0) is 18.6. The number of sulfone groups is 1. The third-order valence-corrected chi connectivity index (χ3v) is 6.61. The van der Waals surface area contributed by atoms with E-state index < -0.39 is 9.84 Å². The van der Waals surface area contributed by atoms with Crippen LogP contribution < -0.4 is 5.32 Å². The average Bonchev–Trinajstić information content (AvgIpc) is 2.63. The summed E-state index contributed by atoms with van der Waals surface area (Å²) in [5, 5.41) is 3.13. The molecule has 1 N–H and O–H groups in total. The first kappa shape index (κ1) is 18.8. The van der Waals surface area contributed by atoms with Gasteiger partial charge >= 0.3 is 0 Å². The summed E-state index contributed by atoms with van der Waals surface area (Å²) in [5.41, 5.74) is 2.08. The van der Waals surface area contributed by atoms with Gasteiger partial charge in [-0.05, 0) is 52.0 Å². The number of piperidine rings is 1. The van der Waals surface area contributed by atoms with Gasteiger partial charge in [0.05, 0.1) is 10.6 Å². The Morgan fingerprint density at radius 1 is 1.15 bits per heavy atom. The highest BCUT2D eigenvalue weighted by Crippen LogP contribution is 2.26. The van der Waals surface area contributed by atoms with Gasteiger partial charge in [0, 0.05) is 24.2 Å². The molecule has 26 heavy (non-hydrogen) atoms. The van der Waals surface area contributed by atoms with Gasteiger partial charge < -0.3 is 10.2 Å². The topological polar surface area (TPSA) is 75.2 Å². The fourth-order valence-corrected chi connectivity index (χ4v) is 4.33. The Morgan fingerprint density at radius 2 is 1.85 bits per heavy atom. The number of benzene rings is 1. The molecule has 1 aliphatic heterocycles. The van der Waals surface area contributed by atoms with Crippen molar-refractivity contribution in [3.05, 3.63) is 47.9 Å². The molecule has 6 nitrogen and oxygen atoms in total. The number of likely N-dealkylation sites (tertiary alicyclic amines) is 1. The van der Waals surface area contributed by atoms with Gasteiger partial charge in [0.1, 0.15) is 12.1 Å². The van der Waals surface area contributed by atoms with E-state index in [0.29, 0.717) is 23.2 Å². The summed E-state index contributed by atoms with van der Waals surface area (Å²) in [6, 6.07) is 8.91. The van der Waals surface area contributed by atoms with Crippen molar-refractivity contribution in [2.24, 2.45) is 0 Å². The summed E-state index contributed by atoms with van der Waals surface area (Å²) in [5.74, 6) is 1.17. The van der Waals surface area contributed by atoms with E-state index in [9.17, 15) is 8.42 Å². The Balaban J connectivity index is 1.58. The maximum atomic E-state index is 12.4. The molecule has 1 saturated heterocycles. The highest BCUT2D eigenvalue weighted by atomic mass is 32.2. The average molecular weight is 375 g/mol. The number of anilines is 1. The molecule has 2 aromatic rings. The lowest BCUT2D eigenvalue weighted by molar-refractivity contribution is 0.253. The lowest BCUT2D eigenvalue weighted by Crippen LogP contribution is -2.29. The number of nitrogens with zero attached hydrogens (tertiary/aromatic N) is 3. The summed E-state index contributed by atoms with van der Waals surface area (Å²) in [7, 11) is -1.16. The maximum absolute atomic E-state index is 12.4. The Kier molecular flexibility index (Phi) is 5.88. The summed E-state index contributed by atoms with van der Waals surface area (Å²) >= 11 is 0. The molecule has 0 aliphatic carbocycles. The standard InChI is InChI=1S/C19H26N4O2S/c1-15-3-5-17(6-4-15)26(24,25)12-9-20-19-13-18(21-14-22-19)16-7-10-23(2)11-8-16/h3-6,13-14,16H,7-12H2,1-2H3,(H,20,21,22). The van der Waals surface area contributed by atoms with E-state index in [4.69, 9.17) is 0 Å². The fourth-order valence-electron chi connectivity index (χ4n) is 3.17. The van der Waals surface area contributed by atoms with Crippen molar-refractivity contribution >= 4 is 15.7 Å². The van der Waals surface area contributed by atoms with Gasteiger partial charge in [-0.25, -0.2) is 18.4 Å². The zero-order valence-corrected chi connectivity index (χ0v) is 16.2. The predicted octanol–water partition coefficient (Wildman–Crippen LogP) is 2.48. The van der Waals surface area contributed by atoms with Gasteiger partial charge in [-0.3, -0.25) is 0 Å². The van der Waals surface area contributed by atoms with Gasteiger partial charge in [-0.1, -0.05) is 17.7 Å². The van der Waals surface area contributed by atoms with Gasteiger partial charge in [0.15, 0.2) is 9.84 Å². The molecule has 1 fully saturated rings. The van der Waals surface area contributed by atoms with E-state index >= 15 is 0 Å². The van der Waals surface area contributed by atoms with Gasteiger partial charge in [0.25, 0.3) is 0 Å². The first-order valence-electron chi connectivity index (χ1n) is 8.98. The molecule has 0 bridgehead atoms. The number of hydrogen-bond acceptors (Lipinski definition) is 6. The second-order valence-corrected chi connectivity index (χ2v) is 9.07. The Hall–Kier alpha value is -1.99. The minimum Gasteiger partial charge on any atom is -0.369 e. The molecule has 0 spiro atoms. The predicted molar refractivity (Wildman–Crippen MR) is 103 cm³/mol. The quantitative estimate of drug-likeness (QED) is 0.837. The van der Waals surface area contributed by atoms with E-state index in [0.717, 1.165) is 37.2 Å². The molecule has 0 unspecified atom stereocenters. The Labute approximate surface area is 155 Å². The van der Waals surface area contributed by atoms with E-state index in [1.807, 2.05) is 25.1 Å². The van der Waals surface area contributed by atoms with Crippen molar-refractivity contribution in [1.29, 1.82) is 0 Å². The summed E-state index contributed by atoms with van der Waals surface area (Å²) in [6.45, 7) is 4.41. The molecule has 1 aromatic carbocycles. The van der Waals surface area contributed by atoms with E-state index in [1.54, 1.807) is 18.5 Å². The monoisotopic (exact) mass is 374 g/mol. The van der Waals surface area contributed by atoms with Crippen LogP contribution in [0, 0.1) is 6.92 Å². The lowest BCUT2D eigenvalue weighted by Gasteiger charge is -2.28. The third-order valence-electron chi connectivity index (χ3n) is 4.88. The molecular formula is C19H26N4O2S. The number of aromatic nitrogens is 2. The van der Waals surface area contributed by atoms with Crippen LogP contribution in [-0.2, 0) is 9.84 Å². The number of nitrogens with one attached hydrogen (secondary N) is 1. The molecular weight excluding hydrogens is 348 g/mol. The molecule has 1 aliphatic rings. The van der Waals surface area contributed by atoms with E-state index in [2.05, 4.69) is 27.2 Å². The second-order valence-electron chi connectivity index (χ2n) is 6.96. The third kappa shape index (κ3) is 4.80. The molecule has 0 amide bonds. The van der Waals surface area contributed by atoms with Crippen LogP contribution in [0.15, 0.2) is 41.6 Å². The van der Waals surface area contributed by atoms with Crippen LogP contribution in [0.4, 0.5) is 5.82 Å². The number of aryl methyl sites for hydroxylation is 1. The van der Waals surface area contributed by atoms with Crippen molar-refractivity contribution in [3.8, 4) is 0 Å². The van der Waals surface area contributed by atoms with Crippen molar-refractivity contribution in [2.75, 3.05) is 37.8 Å². The molecule has 0 atom stereocenters. The largest absolute Gasteiger partial charge is 0.369 e. The van der Waals surface area contributed by atoms with Crippen molar-refractivity contribution < 1.29 is 8.42 Å². The number of rotatable bonds is 6. The van der Waals surface area contributed by atoms with Crippen LogP contribution in [0.25, 0.3) is 0 Å². The van der Waals surface area contributed by atoms with Gasteiger partial charge in [-0.15, -0.1) is 0 Å². The Morgan fingerprint density at radius 3 is 2.54 bits per heavy atom. The van der Waals surface area contributed by atoms with E-state index in [-0.39, 0.29) is 5.75 Å². The Bertz CT molecular complexity index is 829. The van der Waals surface area contributed by atoms with Crippen LogP contribution in [-0.4, -0.2) is 55.7 Å². The SMILES string of the molecule is Cc1ccc(S(=O)(=O)CCNc2cc(C3CCN(C)CC3)ncn2)cc1.